The first-order valence-electron chi connectivity index (χ1n) is 16.5. The second kappa shape index (κ2) is 22.2. The monoisotopic (exact) mass is 670 g/mol. The van der Waals surface area contributed by atoms with Gasteiger partial charge in [0.15, 0.2) is 6.61 Å². The van der Waals surface area contributed by atoms with Crippen molar-refractivity contribution in [1.82, 2.24) is 31.0 Å². The number of carbonyl (C=O) groups excluding carboxylic acids is 5. The van der Waals surface area contributed by atoms with Crippen LogP contribution >= 0.6 is 0 Å². The highest BCUT2D eigenvalue weighted by Crippen LogP contribution is 2.25. The fourth-order valence-electron chi connectivity index (χ4n) is 5.56. The Morgan fingerprint density at radius 3 is 1.98 bits per heavy atom. The zero-order valence-electron chi connectivity index (χ0n) is 28.3. The third-order valence-electron chi connectivity index (χ3n) is 7.92. The number of nitrogens with one attached hydrogen (secondary N) is 3. The van der Waals surface area contributed by atoms with E-state index in [2.05, 4.69) is 22.5 Å². The van der Waals surface area contributed by atoms with E-state index in [1.54, 1.807) is 20.8 Å². The summed E-state index contributed by atoms with van der Waals surface area (Å²) in [7, 11) is 1.85. The van der Waals surface area contributed by atoms with Gasteiger partial charge in [-0.15, -0.1) is 0 Å². The van der Waals surface area contributed by atoms with Gasteiger partial charge in [-0.1, -0.05) is 13.5 Å². The largest absolute Gasteiger partial charge is 0.492 e. The van der Waals surface area contributed by atoms with Crippen molar-refractivity contribution < 1.29 is 47.9 Å². The van der Waals surface area contributed by atoms with Gasteiger partial charge in [-0.3, -0.25) is 24.2 Å². The average Bonchev–Trinajstić information content (AvgIpc) is 3.05. The van der Waals surface area contributed by atoms with Crippen molar-refractivity contribution in [3.05, 3.63) is 12.8 Å². The molecule has 0 aromatic carbocycles. The normalized spacial score (nSPS) is 21.6. The van der Waals surface area contributed by atoms with E-state index in [0.29, 0.717) is 71.1 Å². The lowest BCUT2D eigenvalue weighted by atomic mass is 9.91. The van der Waals surface area contributed by atoms with E-state index < -0.39 is 24.2 Å². The van der Waals surface area contributed by atoms with Crippen molar-refractivity contribution in [2.45, 2.75) is 109 Å². The standard InChI is InChI=1S/C31H54N6O10/c1-6-28(39)36(26-13-9-24(10-14-26)33-30(41)44-8-3)46-22-35(5)21-32-19-23(4)47-31(42)34-25-11-15-27(16-12-25)37(45-18-17-38)29(40)20-43-7-2/h7,17,23-27,32H,2,6,8-16,18-22H2,1,3-5H3,(H,33,41)(H,34,42). The summed E-state index contributed by atoms with van der Waals surface area (Å²) in [6.07, 6.45) is 5.96. The molecule has 0 radical (unpaired) electrons. The van der Waals surface area contributed by atoms with Gasteiger partial charge in [-0.05, 0) is 72.3 Å². The van der Waals surface area contributed by atoms with E-state index in [4.69, 9.17) is 23.9 Å². The molecular weight excluding hydrogens is 616 g/mol. The molecule has 2 rings (SSSR count). The summed E-state index contributed by atoms with van der Waals surface area (Å²) < 4.78 is 15.4. The van der Waals surface area contributed by atoms with Crippen LogP contribution in [0, 0.1) is 0 Å². The lowest BCUT2D eigenvalue weighted by Crippen LogP contribution is -2.48. The number of hydrogen-bond donors (Lipinski definition) is 3. The Morgan fingerprint density at radius 2 is 1.45 bits per heavy atom. The van der Waals surface area contributed by atoms with Gasteiger partial charge in [0, 0.05) is 25.0 Å². The second-order valence-electron chi connectivity index (χ2n) is 11.7. The number of hydrogen-bond acceptors (Lipinski definition) is 12. The van der Waals surface area contributed by atoms with Gasteiger partial charge in [0.25, 0.3) is 5.91 Å². The zero-order chi connectivity index (χ0) is 34.6. The van der Waals surface area contributed by atoms with E-state index in [-0.39, 0.29) is 50.0 Å². The van der Waals surface area contributed by atoms with Gasteiger partial charge in [-0.2, -0.15) is 0 Å². The van der Waals surface area contributed by atoms with Crippen LogP contribution in [0.2, 0.25) is 0 Å². The number of carbonyl (C=O) groups is 5. The maximum absolute atomic E-state index is 12.6. The maximum Gasteiger partial charge on any atom is 0.407 e. The highest BCUT2D eigenvalue weighted by molar-refractivity contribution is 5.77. The quantitative estimate of drug-likeness (QED) is 0.0746. The number of alkyl carbamates (subject to hydrolysis) is 2. The SMILES string of the molecule is C=COCC(=O)N(OCC=O)C1CCC(NC(=O)OC(C)CNCN(C)CON(C(=O)CC)C2CCC(NC(=O)OCC)CC2)CC1. The molecule has 2 saturated carbocycles. The molecule has 0 saturated heterocycles. The van der Waals surface area contributed by atoms with Crippen molar-refractivity contribution in [1.29, 1.82) is 0 Å². The van der Waals surface area contributed by atoms with Crippen LogP contribution in [0.3, 0.4) is 0 Å². The van der Waals surface area contributed by atoms with Gasteiger partial charge >= 0.3 is 12.2 Å². The van der Waals surface area contributed by atoms with Crippen molar-refractivity contribution in [2.75, 3.05) is 46.8 Å². The van der Waals surface area contributed by atoms with Gasteiger partial charge < -0.3 is 35.0 Å². The molecule has 47 heavy (non-hydrogen) atoms. The minimum atomic E-state index is -0.523. The number of aldehydes is 1. The third-order valence-corrected chi connectivity index (χ3v) is 7.92. The fourth-order valence-corrected chi connectivity index (χ4v) is 5.56. The summed E-state index contributed by atoms with van der Waals surface area (Å²) >= 11 is 0. The summed E-state index contributed by atoms with van der Waals surface area (Å²) in [5.74, 6) is -0.498. The Labute approximate surface area is 277 Å². The van der Waals surface area contributed by atoms with Crippen LogP contribution in [0.15, 0.2) is 12.8 Å². The van der Waals surface area contributed by atoms with E-state index >= 15 is 0 Å². The summed E-state index contributed by atoms with van der Waals surface area (Å²) in [6.45, 7) is 9.62. The number of ether oxygens (including phenoxy) is 3. The van der Waals surface area contributed by atoms with Crippen LogP contribution in [-0.4, -0.2) is 122 Å². The molecule has 16 nitrogen and oxygen atoms in total. The minimum absolute atomic E-state index is 0.0170. The molecule has 0 aliphatic heterocycles. The first-order valence-corrected chi connectivity index (χ1v) is 16.5. The predicted octanol–water partition coefficient (Wildman–Crippen LogP) is 2.20. The molecule has 3 N–H and O–H groups in total. The fraction of sp³-hybridized carbons (Fsp3) is 0.774. The van der Waals surface area contributed by atoms with Crippen LogP contribution < -0.4 is 16.0 Å². The molecule has 2 aliphatic carbocycles. The van der Waals surface area contributed by atoms with Crippen LogP contribution in [0.4, 0.5) is 9.59 Å². The predicted molar refractivity (Wildman–Crippen MR) is 170 cm³/mol. The summed E-state index contributed by atoms with van der Waals surface area (Å²) in [4.78, 5) is 73.2. The van der Waals surface area contributed by atoms with Crippen LogP contribution in [0.5, 0.6) is 0 Å². The molecule has 0 bridgehead atoms. The summed E-state index contributed by atoms with van der Waals surface area (Å²) in [5, 5.41) is 11.7. The van der Waals surface area contributed by atoms with Gasteiger partial charge in [0.1, 0.15) is 25.7 Å². The summed E-state index contributed by atoms with van der Waals surface area (Å²) in [5.41, 5.74) is 0. The van der Waals surface area contributed by atoms with Gasteiger partial charge in [0.05, 0.1) is 31.6 Å². The second-order valence-corrected chi connectivity index (χ2v) is 11.7. The molecule has 0 aromatic heterocycles. The van der Waals surface area contributed by atoms with Crippen molar-refractivity contribution in [3.8, 4) is 0 Å². The molecule has 2 fully saturated rings. The number of amides is 4. The lowest BCUT2D eigenvalue weighted by molar-refractivity contribution is -0.219. The molecule has 0 spiro atoms. The molecule has 2 aliphatic rings. The maximum atomic E-state index is 12.6. The molecule has 0 aromatic rings. The zero-order valence-corrected chi connectivity index (χ0v) is 28.3. The first-order chi connectivity index (χ1) is 22.6. The molecule has 268 valence electrons. The molecule has 1 atom stereocenters. The molecular formula is C31H54N6O10. The Balaban J connectivity index is 1.67. The molecule has 16 heteroatoms. The highest BCUT2D eigenvalue weighted by Gasteiger charge is 2.32. The minimum Gasteiger partial charge on any atom is -0.492 e. The summed E-state index contributed by atoms with van der Waals surface area (Å²) in [6, 6.07) is -0.410. The van der Waals surface area contributed by atoms with Crippen LogP contribution in [0.25, 0.3) is 0 Å². The van der Waals surface area contributed by atoms with Gasteiger partial charge in [-0.25, -0.2) is 19.7 Å². The Kier molecular flexibility index (Phi) is 18.7. The van der Waals surface area contributed by atoms with E-state index in [1.807, 2.05) is 11.9 Å². The third kappa shape index (κ3) is 14.9. The van der Waals surface area contributed by atoms with Gasteiger partial charge in [0.2, 0.25) is 5.91 Å². The van der Waals surface area contributed by atoms with Crippen molar-refractivity contribution in [3.63, 3.8) is 0 Å². The average molecular weight is 671 g/mol. The number of hydroxylamine groups is 4. The number of nitrogens with zero attached hydrogens (tertiary/aromatic N) is 3. The van der Waals surface area contributed by atoms with Crippen molar-refractivity contribution in [2.24, 2.45) is 0 Å². The van der Waals surface area contributed by atoms with Crippen molar-refractivity contribution >= 4 is 30.3 Å². The molecule has 4 amide bonds. The molecule has 1 unspecified atom stereocenters. The van der Waals surface area contributed by atoms with E-state index in [0.717, 1.165) is 12.8 Å². The van der Waals surface area contributed by atoms with E-state index in [1.165, 1.54) is 16.4 Å². The topological polar surface area (TPSA) is 177 Å². The first kappa shape index (κ1) is 39.7. The Morgan fingerprint density at radius 1 is 0.872 bits per heavy atom. The Hall–Kier alpha value is -3.47. The van der Waals surface area contributed by atoms with E-state index in [9.17, 15) is 24.0 Å². The van der Waals surface area contributed by atoms with Crippen LogP contribution in [-0.2, 0) is 38.3 Å². The number of rotatable bonds is 20. The van der Waals surface area contributed by atoms with Crippen LogP contribution in [0.1, 0.15) is 78.6 Å². The Bertz CT molecular complexity index is 988. The molecule has 0 heterocycles. The highest BCUT2D eigenvalue weighted by atomic mass is 16.7. The lowest BCUT2D eigenvalue weighted by Gasteiger charge is -2.36. The smallest absolute Gasteiger partial charge is 0.407 e.